The van der Waals surface area contributed by atoms with Crippen LogP contribution in [0.25, 0.3) is 0 Å². The van der Waals surface area contributed by atoms with Crippen molar-refractivity contribution in [1.82, 2.24) is 19.9 Å². The molecule has 0 atom stereocenters. The van der Waals surface area contributed by atoms with Crippen LogP contribution in [-0.2, 0) is 22.7 Å². The summed E-state index contributed by atoms with van der Waals surface area (Å²) in [5.74, 6) is 1.75. The van der Waals surface area contributed by atoms with Crippen molar-refractivity contribution in [2.75, 3.05) is 14.2 Å². The lowest BCUT2D eigenvalue weighted by molar-refractivity contribution is 0.178. The third-order valence-corrected chi connectivity index (χ3v) is 4.38. The van der Waals surface area contributed by atoms with Crippen LogP contribution >= 0.6 is 45.2 Å². The molecule has 2 heterocycles. The average molecular weight is 507 g/mol. The SMILES string of the molecule is COCc1nc(I)c(I)[nH]1.COCc1ncc[nH]1.[2H]CC. The lowest BCUT2D eigenvalue weighted by atomic mass is 10.7. The average Bonchev–Trinajstić information content (AvgIpc) is 3.04. The number of H-pyrrole nitrogens is 2. The van der Waals surface area contributed by atoms with Gasteiger partial charge in [0.15, 0.2) is 0 Å². The first-order valence-corrected chi connectivity index (χ1v) is 7.89. The van der Waals surface area contributed by atoms with E-state index in [1.54, 1.807) is 33.5 Å². The molecule has 0 aromatic carbocycles. The molecule has 0 unspecified atom stereocenters. The molecule has 2 aromatic heterocycles. The quantitative estimate of drug-likeness (QED) is 0.623. The molecule has 0 spiro atoms. The molecule has 2 aromatic rings. The van der Waals surface area contributed by atoms with E-state index in [1.807, 2.05) is 0 Å². The topological polar surface area (TPSA) is 75.8 Å². The van der Waals surface area contributed by atoms with Gasteiger partial charge in [0.25, 0.3) is 0 Å². The molecule has 0 aliphatic heterocycles. The van der Waals surface area contributed by atoms with Crippen LogP contribution in [0, 0.1) is 7.40 Å². The zero-order chi connectivity index (χ0) is 16.1. The fraction of sp³-hybridized carbons (Fsp3) is 0.500. The second-order valence-corrected chi connectivity index (χ2v) is 5.29. The number of halogens is 2. The molecule has 20 heavy (non-hydrogen) atoms. The minimum atomic E-state index is 0.500. The van der Waals surface area contributed by atoms with Gasteiger partial charge in [-0.3, -0.25) is 0 Å². The van der Waals surface area contributed by atoms with E-state index in [9.17, 15) is 0 Å². The number of hydrogen-bond acceptors (Lipinski definition) is 4. The highest BCUT2D eigenvalue weighted by Crippen LogP contribution is 2.11. The van der Waals surface area contributed by atoms with E-state index < -0.39 is 0 Å². The Morgan fingerprint density at radius 2 is 1.85 bits per heavy atom. The number of nitrogens with zero attached hydrogens (tertiary/aromatic N) is 2. The summed E-state index contributed by atoms with van der Waals surface area (Å²) in [6.45, 7) is 3.41. The van der Waals surface area contributed by atoms with E-state index >= 15 is 0 Å². The normalized spacial score (nSPS) is 9.95. The Morgan fingerprint density at radius 1 is 1.25 bits per heavy atom. The fourth-order valence-electron chi connectivity index (χ4n) is 1.09. The predicted octanol–water partition coefficient (Wildman–Crippen LogP) is 3.35. The van der Waals surface area contributed by atoms with Crippen molar-refractivity contribution in [3.8, 4) is 0 Å². The van der Waals surface area contributed by atoms with Gasteiger partial charge in [-0.1, -0.05) is 13.8 Å². The summed E-state index contributed by atoms with van der Waals surface area (Å²) < 4.78 is 18.0. The van der Waals surface area contributed by atoms with Crippen molar-refractivity contribution in [2.45, 2.75) is 27.0 Å². The first-order valence-electron chi connectivity index (χ1n) is 6.44. The molecule has 0 fully saturated rings. The van der Waals surface area contributed by atoms with Crippen LogP contribution in [0.2, 0.25) is 0 Å². The maximum atomic E-state index is 6.21. The highest BCUT2D eigenvalue weighted by atomic mass is 127. The molecular formula is C12H20I2N4O2. The van der Waals surface area contributed by atoms with Crippen LogP contribution in [0.4, 0.5) is 0 Å². The number of aromatic amines is 2. The molecule has 6 nitrogen and oxygen atoms in total. The summed E-state index contributed by atoms with van der Waals surface area (Å²) in [5.41, 5.74) is 0. The monoisotopic (exact) mass is 507 g/mol. The zero-order valence-electron chi connectivity index (χ0n) is 12.7. The smallest absolute Gasteiger partial charge is 0.134 e. The van der Waals surface area contributed by atoms with Crippen molar-refractivity contribution in [1.29, 1.82) is 0 Å². The highest BCUT2D eigenvalue weighted by Gasteiger charge is 2.02. The van der Waals surface area contributed by atoms with E-state index in [4.69, 9.17) is 10.8 Å². The minimum Gasteiger partial charge on any atom is -0.377 e. The van der Waals surface area contributed by atoms with E-state index in [1.165, 1.54) is 0 Å². The van der Waals surface area contributed by atoms with Gasteiger partial charge in [0.2, 0.25) is 0 Å². The summed E-state index contributed by atoms with van der Waals surface area (Å²) in [5, 5.41) is 0. The molecule has 0 amide bonds. The molecule has 8 heteroatoms. The first-order chi connectivity index (χ1) is 10.1. The van der Waals surface area contributed by atoms with E-state index in [0.29, 0.717) is 20.1 Å². The fourth-order valence-corrected chi connectivity index (χ4v) is 1.95. The van der Waals surface area contributed by atoms with Crippen molar-refractivity contribution in [3.63, 3.8) is 0 Å². The summed E-state index contributed by atoms with van der Waals surface area (Å²) in [6, 6.07) is 0. The molecule has 0 bridgehead atoms. The molecule has 0 radical (unpaired) electrons. The molecule has 0 aliphatic carbocycles. The Morgan fingerprint density at radius 3 is 2.25 bits per heavy atom. The Hall–Kier alpha value is -0.200. The van der Waals surface area contributed by atoms with Gasteiger partial charge in [0.1, 0.15) is 32.3 Å². The van der Waals surface area contributed by atoms with E-state index in [-0.39, 0.29) is 0 Å². The maximum absolute atomic E-state index is 6.21. The molecular weight excluding hydrogens is 486 g/mol. The van der Waals surface area contributed by atoms with Crippen molar-refractivity contribution < 1.29 is 10.8 Å². The molecule has 114 valence electrons. The molecule has 2 N–H and O–H groups in total. The predicted molar refractivity (Wildman–Crippen MR) is 95.4 cm³/mol. The van der Waals surface area contributed by atoms with Crippen LogP contribution in [0.5, 0.6) is 0 Å². The largest absolute Gasteiger partial charge is 0.377 e. The summed E-state index contributed by atoms with van der Waals surface area (Å²) in [4.78, 5) is 14.1. The Labute approximate surface area is 148 Å². The van der Waals surface area contributed by atoms with Gasteiger partial charge < -0.3 is 19.4 Å². The highest BCUT2D eigenvalue weighted by molar-refractivity contribution is 14.1. The summed E-state index contributed by atoms with van der Waals surface area (Å²) in [7, 11) is 3.30. The lowest BCUT2D eigenvalue weighted by Crippen LogP contribution is -1.89. The second-order valence-electron chi connectivity index (χ2n) is 3.19. The molecule has 0 aliphatic rings. The minimum absolute atomic E-state index is 0.500. The van der Waals surface area contributed by atoms with Crippen molar-refractivity contribution >= 4 is 45.2 Å². The van der Waals surface area contributed by atoms with Crippen molar-refractivity contribution in [2.24, 2.45) is 0 Å². The van der Waals surface area contributed by atoms with Crippen LogP contribution in [0.15, 0.2) is 12.4 Å². The Bertz CT molecular complexity index is 446. The third-order valence-electron chi connectivity index (χ3n) is 1.79. The third kappa shape index (κ3) is 8.17. The van der Waals surface area contributed by atoms with Gasteiger partial charge in [0.05, 0.1) is 0 Å². The number of rotatable bonds is 4. The second kappa shape index (κ2) is 12.5. The lowest BCUT2D eigenvalue weighted by Gasteiger charge is -1.89. The van der Waals surface area contributed by atoms with Gasteiger partial charge in [-0.2, -0.15) is 0 Å². The standard InChI is InChI=1S/C5H6I2N2O.C5H8N2O.C2H6/c1-10-2-3-8-4(6)5(7)9-3;1-8-4-5-6-2-3-7-5;1-2/h2H2,1H3,(H,8,9);2-3H,4H2,1H3,(H,6,7);1-2H3/i;;1D. The Balaban J connectivity index is 0.000000327. The van der Waals surface area contributed by atoms with E-state index in [0.717, 1.165) is 19.1 Å². The number of methoxy groups -OCH3 is 2. The van der Waals surface area contributed by atoms with Crippen LogP contribution in [-0.4, -0.2) is 34.2 Å². The van der Waals surface area contributed by atoms with Gasteiger partial charge in [0, 0.05) is 28.0 Å². The van der Waals surface area contributed by atoms with Gasteiger partial charge in [-0.25, -0.2) is 9.97 Å². The van der Waals surface area contributed by atoms with Gasteiger partial charge >= 0.3 is 0 Å². The molecule has 0 saturated heterocycles. The Kier molecular flexibility index (Phi) is 11.2. The number of imidazole rings is 2. The van der Waals surface area contributed by atoms with Crippen LogP contribution < -0.4 is 0 Å². The van der Waals surface area contributed by atoms with Gasteiger partial charge in [-0.05, 0) is 45.2 Å². The number of nitrogens with one attached hydrogen (secondary N) is 2. The summed E-state index contributed by atoms with van der Waals surface area (Å²) in [6.07, 6.45) is 3.47. The first kappa shape index (κ1) is 17.9. The van der Waals surface area contributed by atoms with Crippen LogP contribution in [0.1, 0.15) is 26.8 Å². The molecule has 0 saturated carbocycles. The van der Waals surface area contributed by atoms with E-state index in [2.05, 4.69) is 65.1 Å². The van der Waals surface area contributed by atoms with Crippen LogP contribution in [0.3, 0.4) is 0 Å². The molecule has 2 rings (SSSR count). The maximum Gasteiger partial charge on any atom is 0.134 e. The zero-order valence-corrected chi connectivity index (χ0v) is 16.1. The number of ether oxygens (including phenoxy) is 2. The summed E-state index contributed by atoms with van der Waals surface area (Å²) >= 11 is 4.38. The van der Waals surface area contributed by atoms with Gasteiger partial charge in [-0.15, -0.1) is 0 Å². The van der Waals surface area contributed by atoms with Crippen molar-refractivity contribution in [3.05, 3.63) is 31.4 Å². The number of aromatic nitrogens is 4. The number of hydrogen-bond donors (Lipinski definition) is 2.